The van der Waals surface area contributed by atoms with Crippen LogP contribution in [0.2, 0.25) is 10.0 Å². The molecule has 0 aliphatic carbocycles. The second-order valence-corrected chi connectivity index (χ2v) is 7.00. The summed E-state index contributed by atoms with van der Waals surface area (Å²) in [5, 5.41) is 0.516. The van der Waals surface area contributed by atoms with Crippen LogP contribution in [0.25, 0.3) is 5.69 Å². The summed E-state index contributed by atoms with van der Waals surface area (Å²) in [5.74, 6) is -0.229. The third-order valence-electron chi connectivity index (χ3n) is 4.38. The first-order chi connectivity index (χ1) is 14.4. The van der Waals surface area contributed by atoms with E-state index >= 15 is 0 Å². The minimum Gasteiger partial charge on any atom is -0.497 e. The molecule has 1 heterocycles. The number of esters is 1. The minimum atomic E-state index is -0.823. The van der Waals surface area contributed by atoms with E-state index in [0.29, 0.717) is 22.0 Å². The van der Waals surface area contributed by atoms with Gasteiger partial charge < -0.3 is 9.47 Å². The highest BCUT2D eigenvalue weighted by molar-refractivity contribution is 6.42. The lowest BCUT2D eigenvalue weighted by Gasteiger charge is -2.14. The van der Waals surface area contributed by atoms with Crippen molar-refractivity contribution < 1.29 is 14.3 Å². The standard InChI is InChI=1S/C21H18Cl2N2O5/c1-3-30-20(27)16-12-24(14-7-9-15(29-2)10-8-14)21(28)25(19(16)26)11-13-5-4-6-17(22)18(13)23/h4-10,12H,3,11H2,1-2H3. The molecule has 3 aromatic rings. The van der Waals surface area contributed by atoms with Crippen molar-refractivity contribution in [2.45, 2.75) is 13.5 Å². The molecule has 0 saturated heterocycles. The van der Waals surface area contributed by atoms with E-state index in [0.717, 1.165) is 4.57 Å². The van der Waals surface area contributed by atoms with Crippen LogP contribution in [0, 0.1) is 0 Å². The van der Waals surface area contributed by atoms with Gasteiger partial charge in [-0.15, -0.1) is 0 Å². The van der Waals surface area contributed by atoms with E-state index in [2.05, 4.69) is 0 Å². The molecule has 0 spiro atoms. The van der Waals surface area contributed by atoms with Crippen LogP contribution in [0.3, 0.4) is 0 Å². The first-order valence-corrected chi connectivity index (χ1v) is 9.74. The molecule has 0 saturated carbocycles. The summed E-state index contributed by atoms with van der Waals surface area (Å²) in [6.07, 6.45) is 1.18. The molecule has 2 aromatic carbocycles. The summed E-state index contributed by atoms with van der Waals surface area (Å²) < 4.78 is 12.2. The van der Waals surface area contributed by atoms with E-state index in [1.54, 1.807) is 49.4 Å². The third-order valence-corrected chi connectivity index (χ3v) is 5.23. The maximum atomic E-state index is 13.1. The van der Waals surface area contributed by atoms with Crippen LogP contribution in [-0.4, -0.2) is 28.8 Å². The number of aromatic nitrogens is 2. The van der Waals surface area contributed by atoms with Crippen molar-refractivity contribution in [2.24, 2.45) is 0 Å². The number of carbonyl (C=O) groups is 1. The molecular formula is C21H18Cl2N2O5. The van der Waals surface area contributed by atoms with E-state index in [1.807, 2.05) is 0 Å². The van der Waals surface area contributed by atoms with Crippen molar-refractivity contribution in [3.8, 4) is 11.4 Å². The molecule has 0 aliphatic rings. The fraction of sp³-hybridized carbons (Fsp3) is 0.190. The Kier molecular flexibility index (Phi) is 6.64. The highest BCUT2D eigenvalue weighted by atomic mass is 35.5. The number of hydrogen-bond donors (Lipinski definition) is 0. The quantitative estimate of drug-likeness (QED) is 0.538. The Morgan fingerprint density at radius 1 is 1.07 bits per heavy atom. The van der Waals surface area contributed by atoms with Gasteiger partial charge in [0.05, 0.1) is 36.0 Å². The topological polar surface area (TPSA) is 79.5 Å². The first kappa shape index (κ1) is 21.7. The van der Waals surface area contributed by atoms with E-state index in [9.17, 15) is 14.4 Å². The van der Waals surface area contributed by atoms with E-state index in [1.165, 1.54) is 17.9 Å². The molecule has 1 aromatic heterocycles. The van der Waals surface area contributed by atoms with Crippen molar-refractivity contribution >= 4 is 29.2 Å². The zero-order chi connectivity index (χ0) is 21.8. The molecule has 156 valence electrons. The number of hydrogen-bond acceptors (Lipinski definition) is 5. The van der Waals surface area contributed by atoms with Gasteiger partial charge >= 0.3 is 11.7 Å². The fourth-order valence-electron chi connectivity index (χ4n) is 2.86. The lowest BCUT2D eigenvalue weighted by Crippen LogP contribution is -2.42. The fourth-order valence-corrected chi connectivity index (χ4v) is 3.24. The molecule has 0 N–H and O–H groups in total. The van der Waals surface area contributed by atoms with Gasteiger partial charge in [0.25, 0.3) is 5.56 Å². The van der Waals surface area contributed by atoms with Gasteiger partial charge in [0.1, 0.15) is 11.3 Å². The molecule has 30 heavy (non-hydrogen) atoms. The summed E-state index contributed by atoms with van der Waals surface area (Å²) in [6, 6.07) is 11.5. The van der Waals surface area contributed by atoms with Crippen LogP contribution in [0.4, 0.5) is 0 Å². The van der Waals surface area contributed by atoms with Crippen LogP contribution in [0.1, 0.15) is 22.8 Å². The van der Waals surface area contributed by atoms with E-state index in [-0.39, 0.29) is 23.7 Å². The number of methoxy groups -OCH3 is 1. The van der Waals surface area contributed by atoms with Crippen molar-refractivity contribution in [1.82, 2.24) is 9.13 Å². The average Bonchev–Trinajstić information content (AvgIpc) is 2.74. The predicted molar refractivity (Wildman–Crippen MR) is 114 cm³/mol. The normalized spacial score (nSPS) is 10.7. The Balaban J connectivity index is 2.22. The van der Waals surface area contributed by atoms with E-state index < -0.39 is 17.2 Å². The van der Waals surface area contributed by atoms with Crippen molar-refractivity contribution in [2.75, 3.05) is 13.7 Å². The van der Waals surface area contributed by atoms with Crippen LogP contribution in [0.15, 0.2) is 58.3 Å². The summed E-state index contributed by atoms with van der Waals surface area (Å²) in [7, 11) is 1.52. The van der Waals surface area contributed by atoms with Crippen molar-refractivity contribution in [3.05, 3.63) is 90.7 Å². The monoisotopic (exact) mass is 448 g/mol. The van der Waals surface area contributed by atoms with Crippen molar-refractivity contribution in [1.29, 1.82) is 0 Å². The van der Waals surface area contributed by atoms with E-state index in [4.69, 9.17) is 32.7 Å². The molecule has 0 fully saturated rings. The summed E-state index contributed by atoms with van der Waals surface area (Å²) >= 11 is 12.3. The Bertz CT molecular complexity index is 1200. The summed E-state index contributed by atoms with van der Waals surface area (Å²) in [6.45, 7) is 1.54. The van der Waals surface area contributed by atoms with Gasteiger partial charge in [-0.25, -0.2) is 9.59 Å². The summed E-state index contributed by atoms with van der Waals surface area (Å²) in [5.41, 5.74) is -0.790. The highest BCUT2D eigenvalue weighted by Crippen LogP contribution is 2.25. The molecule has 0 radical (unpaired) electrons. The molecule has 0 bridgehead atoms. The van der Waals surface area contributed by atoms with Gasteiger partial charge in [-0.3, -0.25) is 13.9 Å². The van der Waals surface area contributed by atoms with Gasteiger partial charge in [0.2, 0.25) is 0 Å². The number of carbonyl (C=O) groups excluding carboxylic acids is 1. The Morgan fingerprint density at radius 2 is 1.77 bits per heavy atom. The smallest absolute Gasteiger partial charge is 0.345 e. The SMILES string of the molecule is CCOC(=O)c1cn(-c2ccc(OC)cc2)c(=O)n(Cc2cccc(Cl)c2Cl)c1=O. The van der Waals surface area contributed by atoms with Crippen LogP contribution < -0.4 is 16.0 Å². The molecule has 0 aliphatic heterocycles. The lowest BCUT2D eigenvalue weighted by molar-refractivity contribution is 0.0522. The number of halogens is 2. The van der Waals surface area contributed by atoms with Gasteiger partial charge in [-0.1, -0.05) is 35.3 Å². The van der Waals surface area contributed by atoms with Gasteiger partial charge in [0.15, 0.2) is 0 Å². The molecule has 0 unspecified atom stereocenters. The Morgan fingerprint density at radius 3 is 2.40 bits per heavy atom. The number of benzene rings is 2. The minimum absolute atomic E-state index is 0.0834. The maximum absolute atomic E-state index is 13.1. The highest BCUT2D eigenvalue weighted by Gasteiger charge is 2.20. The molecule has 7 nitrogen and oxygen atoms in total. The maximum Gasteiger partial charge on any atom is 0.345 e. The van der Waals surface area contributed by atoms with Crippen LogP contribution in [0.5, 0.6) is 5.75 Å². The van der Waals surface area contributed by atoms with Crippen LogP contribution >= 0.6 is 23.2 Å². The molecule has 3 rings (SSSR count). The Labute approximate surface area is 182 Å². The molecule has 0 atom stereocenters. The lowest BCUT2D eigenvalue weighted by atomic mass is 10.2. The summed E-state index contributed by atoms with van der Waals surface area (Å²) in [4.78, 5) is 38.5. The first-order valence-electron chi connectivity index (χ1n) is 8.98. The Hall–Kier alpha value is -3.03. The zero-order valence-electron chi connectivity index (χ0n) is 16.2. The molecular weight excluding hydrogens is 431 g/mol. The average molecular weight is 449 g/mol. The van der Waals surface area contributed by atoms with Crippen molar-refractivity contribution in [3.63, 3.8) is 0 Å². The number of nitrogens with zero attached hydrogens (tertiary/aromatic N) is 2. The van der Waals surface area contributed by atoms with Gasteiger partial charge in [-0.05, 0) is 42.8 Å². The van der Waals surface area contributed by atoms with Gasteiger partial charge in [0, 0.05) is 6.20 Å². The molecule has 0 amide bonds. The number of rotatable bonds is 6. The third kappa shape index (κ3) is 4.27. The van der Waals surface area contributed by atoms with Gasteiger partial charge in [-0.2, -0.15) is 0 Å². The largest absolute Gasteiger partial charge is 0.497 e. The molecule has 9 heteroatoms. The second kappa shape index (κ2) is 9.19. The second-order valence-electron chi connectivity index (χ2n) is 6.22. The predicted octanol–water partition coefficient (Wildman–Crippen LogP) is 3.54. The number of ether oxygens (including phenoxy) is 2. The zero-order valence-corrected chi connectivity index (χ0v) is 17.7. The van der Waals surface area contributed by atoms with Crippen LogP contribution in [-0.2, 0) is 11.3 Å².